The number of ketones is 1. The van der Waals surface area contributed by atoms with Crippen LogP contribution in [0.3, 0.4) is 0 Å². The second kappa shape index (κ2) is 7.89. The maximum absolute atomic E-state index is 12.7. The fraction of sp³-hybridized carbons (Fsp3) is 0.100. The van der Waals surface area contributed by atoms with E-state index in [0.717, 1.165) is 5.56 Å². The Kier molecular flexibility index (Phi) is 5.39. The third-order valence-electron chi connectivity index (χ3n) is 3.57. The first-order valence-corrected chi connectivity index (χ1v) is 8.39. The molecule has 1 heterocycles. The van der Waals surface area contributed by atoms with Crippen LogP contribution < -0.4 is 5.32 Å². The minimum absolute atomic E-state index is 0.0359. The number of rotatable bonds is 5. The number of carbonyl (C=O) groups excluding carboxylic acids is 2. The molecule has 0 saturated heterocycles. The van der Waals surface area contributed by atoms with Gasteiger partial charge >= 0.3 is 5.97 Å². The van der Waals surface area contributed by atoms with Gasteiger partial charge in [-0.15, -0.1) is 0 Å². The molecular weight excluding hydrogens is 354 g/mol. The van der Waals surface area contributed by atoms with Crippen LogP contribution in [0.15, 0.2) is 71.8 Å². The zero-order valence-corrected chi connectivity index (χ0v) is 14.7. The Bertz CT molecular complexity index is 886. The monoisotopic (exact) mass is 369 g/mol. The van der Waals surface area contributed by atoms with Crippen molar-refractivity contribution in [2.45, 2.75) is 6.92 Å². The molecule has 2 aromatic rings. The molecule has 132 valence electrons. The van der Waals surface area contributed by atoms with Crippen molar-refractivity contribution in [2.75, 3.05) is 11.9 Å². The van der Waals surface area contributed by atoms with Gasteiger partial charge in [-0.3, -0.25) is 4.79 Å². The predicted octanol–water partition coefficient (Wildman–Crippen LogP) is 4.17. The summed E-state index contributed by atoms with van der Waals surface area (Å²) in [6, 6.07) is 16.0. The van der Waals surface area contributed by atoms with Crippen LogP contribution in [0.5, 0.6) is 0 Å². The van der Waals surface area contributed by atoms with E-state index in [2.05, 4.69) is 5.32 Å². The van der Waals surface area contributed by atoms with Crippen LogP contribution in [0.4, 0.5) is 5.69 Å². The highest BCUT2D eigenvalue weighted by molar-refractivity contribution is 6.30. The van der Waals surface area contributed by atoms with Gasteiger partial charge in [-0.2, -0.15) is 0 Å². The van der Waals surface area contributed by atoms with Gasteiger partial charge in [0.2, 0.25) is 11.7 Å². The molecule has 2 aromatic carbocycles. The van der Waals surface area contributed by atoms with Crippen molar-refractivity contribution in [1.29, 1.82) is 0 Å². The predicted molar refractivity (Wildman–Crippen MR) is 99.2 cm³/mol. The number of ether oxygens (including phenoxy) is 2. The molecule has 0 unspecified atom stereocenters. The highest BCUT2D eigenvalue weighted by Gasteiger charge is 2.36. The molecule has 0 spiro atoms. The maximum Gasteiger partial charge on any atom is 0.347 e. The van der Waals surface area contributed by atoms with E-state index in [-0.39, 0.29) is 23.8 Å². The minimum Gasteiger partial charge on any atom is -0.462 e. The summed E-state index contributed by atoms with van der Waals surface area (Å²) >= 11 is 5.87. The van der Waals surface area contributed by atoms with E-state index in [1.165, 1.54) is 0 Å². The van der Waals surface area contributed by atoms with E-state index < -0.39 is 11.8 Å². The molecule has 6 heteroatoms. The molecule has 0 amide bonds. The van der Waals surface area contributed by atoms with Crippen molar-refractivity contribution < 1.29 is 19.1 Å². The van der Waals surface area contributed by atoms with Gasteiger partial charge in [-0.05, 0) is 42.8 Å². The summed E-state index contributed by atoms with van der Waals surface area (Å²) in [4.78, 5) is 24.9. The molecular formula is C20H16ClNO4. The Morgan fingerprint density at radius 1 is 1.15 bits per heavy atom. The lowest BCUT2D eigenvalue weighted by molar-refractivity contribution is -0.139. The highest BCUT2D eigenvalue weighted by Crippen LogP contribution is 2.29. The smallest absolute Gasteiger partial charge is 0.347 e. The number of esters is 1. The highest BCUT2D eigenvalue weighted by atomic mass is 35.5. The van der Waals surface area contributed by atoms with Crippen molar-refractivity contribution in [3.63, 3.8) is 0 Å². The summed E-state index contributed by atoms with van der Waals surface area (Å²) in [5, 5.41) is 3.55. The summed E-state index contributed by atoms with van der Waals surface area (Å²) in [7, 11) is 0. The Balaban J connectivity index is 1.93. The number of para-hydroxylation sites is 1. The normalized spacial score (nSPS) is 15.2. The number of anilines is 1. The SMILES string of the molecule is CCOC(=O)C1=C(Nc2ccccc2)O/C(=C\c2ccc(Cl)cc2)C1=O. The second-order valence-corrected chi connectivity index (χ2v) is 5.84. The summed E-state index contributed by atoms with van der Waals surface area (Å²) in [6.07, 6.45) is 1.55. The molecule has 0 aromatic heterocycles. The zero-order valence-electron chi connectivity index (χ0n) is 14.0. The fourth-order valence-corrected chi connectivity index (χ4v) is 2.49. The number of hydrogen-bond acceptors (Lipinski definition) is 5. The molecule has 1 aliphatic heterocycles. The number of benzene rings is 2. The topological polar surface area (TPSA) is 64.6 Å². The third-order valence-corrected chi connectivity index (χ3v) is 3.82. The van der Waals surface area contributed by atoms with E-state index in [0.29, 0.717) is 10.7 Å². The van der Waals surface area contributed by atoms with Crippen LogP contribution >= 0.6 is 11.6 Å². The number of carbonyl (C=O) groups is 2. The lowest BCUT2D eigenvalue weighted by atomic mass is 10.1. The van der Waals surface area contributed by atoms with E-state index in [9.17, 15) is 9.59 Å². The minimum atomic E-state index is -0.726. The number of hydrogen-bond donors (Lipinski definition) is 1. The molecule has 0 saturated carbocycles. The summed E-state index contributed by atoms with van der Waals surface area (Å²) in [5.74, 6) is -1.17. The summed E-state index contributed by atoms with van der Waals surface area (Å²) in [5.41, 5.74) is 1.25. The van der Waals surface area contributed by atoms with Gasteiger partial charge < -0.3 is 14.8 Å². The van der Waals surface area contributed by atoms with Gasteiger partial charge in [0.25, 0.3) is 0 Å². The van der Waals surface area contributed by atoms with Gasteiger partial charge in [0, 0.05) is 10.7 Å². The Hall–Kier alpha value is -3.05. The second-order valence-electron chi connectivity index (χ2n) is 5.41. The summed E-state index contributed by atoms with van der Waals surface area (Å²) in [6.45, 7) is 1.83. The van der Waals surface area contributed by atoms with Crippen LogP contribution in [-0.4, -0.2) is 18.4 Å². The van der Waals surface area contributed by atoms with E-state index in [1.807, 2.05) is 18.2 Å². The fourth-order valence-electron chi connectivity index (χ4n) is 2.37. The van der Waals surface area contributed by atoms with Gasteiger partial charge in [-0.1, -0.05) is 41.9 Å². The van der Waals surface area contributed by atoms with Crippen LogP contribution in [0.1, 0.15) is 12.5 Å². The van der Waals surface area contributed by atoms with E-state index in [4.69, 9.17) is 21.1 Å². The Labute approximate surface area is 155 Å². The van der Waals surface area contributed by atoms with Gasteiger partial charge in [-0.25, -0.2) is 4.79 Å². The average molecular weight is 370 g/mol. The molecule has 5 nitrogen and oxygen atoms in total. The lowest BCUT2D eigenvalue weighted by Gasteiger charge is -2.08. The van der Waals surface area contributed by atoms with Crippen molar-refractivity contribution in [3.8, 4) is 0 Å². The van der Waals surface area contributed by atoms with Crippen molar-refractivity contribution in [1.82, 2.24) is 0 Å². The van der Waals surface area contributed by atoms with Gasteiger partial charge in [0.1, 0.15) is 0 Å². The molecule has 3 rings (SSSR count). The van der Waals surface area contributed by atoms with Crippen molar-refractivity contribution in [3.05, 3.63) is 82.4 Å². The first-order chi connectivity index (χ1) is 12.6. The molecule has 0 bridgehead atoms. The molecule has 26 heavy (non-hydrogen) atoms. The lowest BCUT2D eigenvalue weighted by Crippen LogP contribution is -2.16. The van der Waals surface area contributed by atoms with Crippen LogP contribution in [0, 0.1) is 0 Å². The van der Waals surface area contributed by atoms with E-state index >= 15 is 0 Å². The molecule has 1 aliphatic rings. The molecule has 0 atom stereocenters. The van der Waals surface area contributed by atoms with Crippen LogP contribution in [0.2, 0.25) is 5.02 Å². The molecule has 1 N–H and O–H groups in total. The van der Waals surface area contributed by atoms with Gasteiger partial charge in [0.05, 0.1) is 6.61 Å². The third kappa shape index (κ3) is 3.95. The van der Waals surface area contributed by atoms with Crippen molar-refractivity contribution >= 4 is 35.1 Å². The first kappa shape index (κ1) is 17.8. The largest absolute Gasteiger partial charge is 0.462 e. The quantitative estimate of drug-likeness (QED) is 0.487. The van der Waals surface area contributed by atoms with Gasteiger partial charge in [0.15, 0.2) is 11.3 Å². The standard InChI is InChI=1S/C20H16ClNO4/c1-2-25-20(24)17-18(23)16(12-13-8-10-14(21)11-9-13)26-19(17)22-15-6-4-3-5-7-15/h3-12,22H,2H2,1H3/b16-12-. The molecule has 0 fully saturated rings. The number of halogens is 1. The number of allylic oxidation sites excluding steroid dienone is 1. The van der Waals surface area contributed by atoms with E-state index in [1.54, 1.807) is 49.4 Å². The number of Topliss-reactive ketones (excluding diaryl/α,β-unsaturated/α-hetero) is 1. The molecule has 0 aliphatic carbocycles. The van der Waals surface area contributed by atoms with Crippen LogP contribution in [-0.2, 0) is 19.1 Å². The zero-order chi connectivity index (χ0) is 18.5. The molecule has 0 radical (unpaired) electrons. The number of nitrogens with one attached hydrogen (secondary N) is 1. The summed E-state index contributed by atoms with van der Waals surface area (Å²) < 4.78 is 10.6. The first-order valence-electron chi connectivity index (χ1n) is 8.01. The Morgan fingerprint density at radius 2 is 1.85 bits per heavy atom. The maximum atomic E-state index is 12.7. The average Bonchev–Trinajstić information content (AvgIpc) is 2.93. The van der Waals surface area contributed by atoms with Crippen LogP contribution in [0.25, 0.3) is 6.08 Å². The Morgan fingerprint density at radius 3 is 2.50 bits per heavy atom. The van der Waals surface area contributed by atoms with Crippen molar-refractivity contribution in [2.24, 2.45) is 0 Å².